The number of sulfonamides is 1. The number of hydrogen-bond donors (Lipinski definition) is 2. The van der Waals surface area contributed by atoms with Gasteiger partial charge in [-0.3, -0.25) is 4.72 Å². The monoisotopic (exact) mass is 300 g/mol. The lowest BCUT2D eigenvalue weighted by Crippen LogP contribution is -2.19. The summed E-state index contributed by atoms with van der Waals surface area (Å²) in [6, 6.07) is 3.25. The standard InChI is InChI=1S/C10H12F4N2O2S/c11-8-3-2-7(15)6-9(8)16-19(17,18)5-1-4-10(12,13)14/h2-3,6,16H,1,4-5,15H2. The van der Waals surface area contributed by atoms with Gasteiger partial charge in [0, 0.05) is 12.1 Å². The highest BCUT2D eigenvalue weighted by atomic mass is 32.2. The quantitative estimate of drug-likeness (QED) is 0.648. The van der Waals surface area contributed by atoms with Gasteiger partial charge >= 0.3 is 6.18 Å². The van der Waals surface area contributed by atoms with Gasteiger partial charge in [-0.15, -0.1) is 0 Å². The highest BCUT2D eigenvalue weighted by Gasteiger charge is 2.27. The van der Waals surface area contributed by atoms with Crippen LogP contribution in [0.15, 0.2) is 18.2 Å². The van der Waals surface area contributed by atoms with Crippen LogP contribution in [0.25, 0.3) is 0 Å². The summed E-state index contributed by atoms with van der Waals surface area (Å²) in [5.41, 5.74) is 5.10. The first-order valence-electron chi connectivity index (χ1n) is 5.21. The third-order valence-corrected chi connectivity index (χ3v) is 3.49. The summed E-state index contributed by atoms with van der Waals surface area (Å²) in [5, 5.41) is 0. The van der Waals surface area contributed by atoms with Gasteiger partial charge in [-0.2, -0.15) is 13.2 Å². The molecule has 1 rings (SSSR count). The van der Waals surface area contributed by atoms with Crippen molar-refractivity contribution < 1.29 is 26.0 Å². The maximum atomic E-state index is 13.2. The molecule has 0 radical (unpaired) electrons. The molecule has 0 fully saturated rings. The number of hydrogen-bond acceptors (Lipinski definition) is 3. The van der Waals surface area contributed by atoms with Crippen molar-refractivity contribution in [2.75, 3.05) is 16.2 Å². The number of anilines is 2. The van der Waals surface area contributed by atoms with Crippen LogP contribution in [0.2, 0.25) is 0 Å². The van der Waals surface area contributed by atoms with E-state index < -0.39 is 40.6 Å². The molecule has 0 aliphatic rings. The van der Waals surface area contributed by atoms with Crippen LogP contribution in [0.3, 0.4) is 0 Å². The molecule has 3 N–H and O–H groups in total. The molecule has 0 spiro atoms. The van der Waals surface area contributed by atoms with Gasteiger partial charge < -0.3 is 5.73 Å². The van der Waals surface area contributed by atoms with E-state index in [4.69, 9.17) is 5.73 Å². The lowest BCUT2D eigenvalue weighted by molar-refractivity contribution is -0.134. The third kappa shape index (κ3) is 5.77. The Kier molecular flexibility index (Phi) is 4.61. The van der Waals surface area contributed by atoms with Crippen molar-refractivity contribution in [3.05, 3.63) is 24.0 Å². The molecule has 0 bridgehead atoms. The Balaban J connectivity index is 2.67. The predicted octanol–water partition coefficient (Wildman–Crippen LogP) is 2.49. The highest BCUT2D eigenvalue weighted by molar-refractivity contribution is 7.92. The van der Waals surface area contributed by atoms with Crippen LogP contribution in [0.4, 0.5) is 28.9 Å². The second kappa shape index (κ2) is 5.64. The van der Waals surface area contributed by atoms with Crippen molar-refractivity contribution in [3.63, 3.8) is 0 Å². The average molecular weight is 300 g/mol. The van der Waals surface area contributed by atoms with Gasteiger partial charge in [0.1, 0.15) is 5.82 Å². The second-order valence-corrected chi connectivity index (χ2v) is 5.72. The molecule has 0 aromatic heterocycles. The Labute approximate surface area is 107 Å². The number of benzene rings is 1. The molecule has 0 amide bonds. The van der Waals surface area contributed by atoms with Crippen LogP contribution >= 0.6 is 0 Å². The summed E-state index contributed by atoms with van der Waals surface area (Å²) in [7, 11) is -4.04. The minimum atomic E-state index is -4.42. The van der Waals surface area contributed by atoms with Crippen LogP contribution < -0.4 is 10.5 Å². The zero-order chi connectivity index (χ0) is 14.7. The molecule has 0 unspecified atom stereocenters. The van der Waals surface area contributed by atoms with Crippen LogP contribution in [0.5, 0.6) is 0 Å². The molecule has 0 aliphatic heterocycles. The van der Waals surface area contributed by atoms with E-state index in [-0.39, 0.29) is 11.4 Å². The van der Waals surface area contributed by atoms with E-state index in [0.717, 1.165) is 12.1 Å². The number of nitrogens with two attached hydrogens (primary N) is 1. The smallest absolute Gasteiger partial charge is 0.389 e. The Bertz CT molecular complexity index is 543. The van der Waals surface area contributed by atoms with Crippen molar-refractivity contribution in [1.82, 2.24) is 0 Å². The maximum absolute atomic E-state index is 13.2. The van der Waals surface area contributed by atoms with E-state index in [1.165, 1.54) is 6.07 Å². The summed E-state index contributed by atoms with van der Waals surface area (Å²) in [5.74, 6) is -1.60. The number of halogens is 4. The van der Waals surface area contributed by atoms with Crippen LogP contribution in [-0.2, 0) is 10.0 Å². The van der Waals surface area contributed by atoms with Gasteiger partial charge in [0.15, 0.2) is 0 Å². The number of nitrogen functional groups attached to an aromatic ring is 1. The molecule has 1 aromatic carbocycles. The number of rotatable bonds is 5. The Morgan fingerprint density at radius 2 is 1.89 bits per heavy atom. The van der Waals surface area contributed by atoms with Gasteiger partial charge in [-0.1, -0.05) is 0 Å². The summed E-state index contributed by atoms with van der Waals surface area (Å²) >= 11 is 0. The van der Waals surface area contributed by atoms with E-state index in [0.29, 0.717) is 0 Å². The van der Waals surface area contributed by atoms with E-state index in [1.54, 1.807) is 0 Å². The molecule has 0 heterocycles. The highest BCUT2D eigenvalue weighted by Crippen LogP contribution is 2.23. The molecular weight excluding hydrogens is 288 g/mol. The van der Waals surface area contributed by atoms with E-state index in [2.05, 4.69) is 0 Å². The van der Waals surface area contributed by atoms with Gasteiger partial charge in [-0.05, 0) is 24.6 Å². The number of nitrogens with one attached hydrogen (secondary N) is 1. The van der Waals surface area contributed by atoms with Crippen molar-refractivity contribution in [1.29, 1.82) is 0 Å². The normalized spacial score (nSPS) is 12.4. The molecule has 19 heavy (non-hydrogen) atoms. The predicted molar refractivity (Wildman–Crippen MR) is 63.5 cm³/mol. The molecule has 0 saturated heterocycles. The second-order valence-electron chi connectivity index (χ2n) is 3.88. The van der Waals surface area contributed by atoms with Crippen molar-refractivity contribution in [2.45, 2.75) is 19.0 Å². The average Bonchev–Trinajstić information content (AvgIpc) is 2.20. The zero-order valence-electron chi connectivity index (χ0n) is 9.67. The minimum absolute atomic E-state index is 0.134. The zero-order valence-corrected chi connectivity index (χ0v) is 10.5. The Morgan fingerprint density at radius 1 is 1.26 bits per heavy atom. The summed E-state index contributed by atoms with van der Waals surface area (Å²) < 4.78 is 73.7. The molecular formula is C10H12F4N2O2S. The molecule has 1 aromatic rings. The van der Waals surface area contributed by atoms with Crippen molar-refractivity contribution in [2.24, 2.45) is 0 Å². The molecule has 4 nitrogen and oxygen atoms in total. The molecule has 9 heteroatoms. The van der Waals surface area contributed by atoms with Gasteiger partial charge in [-0.25, -0.2) is 12.8 Å². The van der Waals surface area contributed by atoms with Crippen LogP contribution in [0.1, 0.15) is 12.8 Å². The first-order chi connectivity index (χ1) is 8.59. The SMILES string of the molecule is Nc1ccc(F)c(NS(=O)(=O)CCCC(F)(F)F)c1. The molecule has 0 saturated carbocycles. The van der Waals surface area contributed by atoms with Crippen LogP contribution in [0, 0.1) is 5.82 Å². The fourth-order valence-corrected chi connectivity index (χ4v) is 2.42. The summed E-state index contributed by atoms with van der Waals surface area (Å²) in [6.07, 6.45) is -6.23. The summed E-state index contributed by atoms with van der Waals surface area (Å²) in [4.78, 5) is 0. The molecule has 0 aliphatic carbocycles. The number of alkyl halides is 3. The van der Waals surface area contributed by atoms with Gasteiger partial charge in [0.2, 0.25) is 10.0 Å². The van der Waals surface area contributed by atoms with Crippen molar-refractivity contribution in [3.8, 4) is 0 Å². The lowest BCUT2D eigenvalue weighted by atomic mass is 10.3. The van der Waals surface area contributed by atoms with Crippen LogP contribution in [-0.4, -0.2) is 20.3 Å². The first kappa shape index (κ1) is 15.5. The fourth-order valence-electron chi connectivity index (χ4n) is 1.30. The summed E-state index contributed by atoms with van der Waals surface area (Å²) in [6.45, 7) is 0. The largest absolute Gasteiger partial charge is 0.399 e. The fraction of sp³-hybridized carbons (Fsp3) is 0.400. The van der Waals surface area contributed by atoms with Crippen molar-refractivity contribution >= 4 is 21.4 Å². The van der Waals surface area contributed by atoms with Gasteiger partial charge in [0.05, 0.1) is 11.4 Å². The van der Waals surface area contributed by atoms with E-state index in [1.807, 2.05) is 4.72 Å². The van der Waals surface area contributed by atoms with E-state index in [9.17, 15) is 26.0 Å². The first-order valence-corrected chi connectivity index (χ1v) is 6.86. The lowest BCUT2D eigenvalue weighted by Gasteiger charge is -2.10. The maximum Gasteiger partial charge on any atom is 0.389 e. The molecule has 108 valence electrons. The molecule has 0 atom stereocenters. The third-order valence-electron chi connectivity index (χ3n) is 2.13. The minimum Gasteiger partial charge on any atom is -0.399 e. The van der Waals surface area contributed by atoms with Gasteiger partial charge in [0.25, 0.3) is 0 Å². The topological polar surface area (TPSA) is 72.2 Å². The Hall–Kier alpha value is -1.51. The Morgan fingerprint density at radius 3 is 2.47 bits per heavy atom. The van der Waals surface area contributed by atoms with E-state index >= 15 is 0 Å².